The molecule has 1 aliphatic rings. The highest BCUT2D eigenvalue weighted by molar-refractivity contribution is 4.97. The van der Waals surface area contributed by atoms with Crippen molar-refractivity contribution >= 4 is 0 Å². The van der Waals surface area contributed by atoms with Gasteiger partial charge in [-0.3, -0.25) is 0 Å². The molecule has 1 nitrogen and oxygen atoms in total. The molecule has 0 aromatic heterocycles. The van der Waals surface area contributed by atoms with Crippen LogP contribution in [-0.2, 0) is 0 Å². The summed E-state index contributed by atoms with van der Waals surface area (Å²) in [6, 6.07) is 1.40. The number of hydrogen-bond donors (Lipinski definition) is 1. The van der Waals surface area contributed by atoms with E-state index in [9.17, 15) is 0 Å². The Morgan fingerprint density at radius 1 is 1.23 bits per heavy atom. The molecule has 1 aliphatic carbocycles. The Morgan fingerprint density at radius 2 is 1.77 bits per heavy atom. The first-order valence-corrected chi connectivity index (χ1v) is 5.75. The van der Waals surface area contributed by atoms with Crippen molar-refractivity contribution in [2.24, 2.45) is 11.3 Å². The largest absolute Gasteiger partial charge is 0.311 e. The summed E-state index contributed by atoms with van der Waals surface area (Å²) in [4.78, 5) is 0. The third kappa shape index (κ3) is 2.70. The second-order valence-electron chi connectivity index (χ2n) is 5.30. The highest BCUT2D eigenvalue weighted by atomic mass is 15.0. The second kappa shape index (κ2) is 4.00. The van der Waals surface area contributed by atoms with Crippen molar-refractivity contribution in [3.8, 4) is 0 Å². The SMILES string of the molecule is CCC(NC(C)C1(C)CC1)C(C)C. The maximum atomic E-state index is 3.77. The molecule has 13 heavy (non-hydrogen) atoms. The third-order valence-electron chi connectivity index (χ3n) is 3.79. The fourth-order valence-corrected chi connectivity index (χ4v) is 1.93. The normalized spacial score (nSPS) is 24.5. The molecule has 0 radical (unpaired) electrons. The van der Waals surface area contributed by atoms with Crippen LogP contribution in [0.15, 0.2) is 0 Å². The third-order valence-corrected chi connectivity index (χ3v) is 3.79. The molecule has 1 rings (SSSR count). The van der Waals surface area contributed by atoms with Crippen LogP contribution in [0.3, 0.4) is 0 Å². The summed E-state index contributed by atoms with van der Waals surface area (Å²) < 4.78 is 0. The summed E-state index contributed by atoms with van der Waals surface area (Å²) in [5.74, 6) is 0.759. The average Bonchev–Trinajstić information content (AvgIpc) is 2.79. The first kappa shape index (κ1) is 11.0. The fraction of sp³-hybridized carbons (Fsp3) is 1.00. The van der Waals surface area contributed by atoms with E-state index in [1.807, 2.05) is 0 Å². The summed E-state index contributed by atoms with van der Waals surface area (Å²) in [5, 5.41) is 3.77. The van der Waals surface area contributed by atoms with Crippen molar-refractivity contribution in [2.75, 3.05) is 0 Å². The van der Waals surface area contributed by atoms with Gasteiger partial charge in [0, 0.05) is 12.1 Å². The van der Waals surface area contributed by atoms with E-state index in [1.165, 1.54) is 19.3 Å². The van der Waals surface area contributed by atoms with Gasteiger partial charge in [0.2, 0.25) is 0 Å². The summed E-state index contributed by atoms with van der Waals surface area (Å²) in [6.07, 6.45) is 4.07. The van der Waals surface area contributed by atoms with Crippen LogP contribution in [0, 0.1) is 11.3 Å². The zero-order chi connectivity index (χ0) is 10.1. The predicted octanol–water partition coefficient (Wildman–Crippen LogP) is 3.20. The number of rotatable bonds is 5. The van der Waals surface area contributed by atoms with Crippen molar-refractivity contribution in [2.45, 2.75) is 66.0 Å². The topological polar surface area (TPSA) is 12.0 Å². The van der Waals surface area contributed by atoms with Gasteiger partial charge < -0.3 is 5.32 Å². The number of hydrogen-bond acceptors (Lipinski definition) is 1. The van der Waals surface area contributed by atoms with Crippen molar-refractivity contribution < 1.29 is 0 Å². The van der Waals surface area contributed by atoms with Gasteiger partial charge >= 0.3 is 0 Å². The Bertz CT molecular complexity index is 159. The minimum absolute atomic E-state index is 0.613. The molecule has 0 aliphatic heterocycles. The molecular weight excluding hydrogens is 158 g/mol. The fourth-order valence-electron chi connectivity index (χ4n) is 1.93. The van der Waals surface area contributed by atoms with Gasteiger partial charge in [-0.2, -0.15) is 0 Å². The van der Waals surface area contributed by atoms with Crippen LogP contribution in [-0.4, -0.2) is 12.1 Å². The molecule has 2 atom stereocenters. The molecule has 78 valence electrons. The summed E-state index contributed by atoms with van der Waals surface area (Å²) in [5.41, 5.74) is 0.613. The van der Waals surface area contributed by atoms with Crippen LogP contribution in [0.1, 0.15) is 53.9 Å². The minimum Gasteiger partial charge on any atom is -0.311 e. The lowest BCUT2D eigenvalue weighted by Gasteiger charge is -2.29. The van der Waals surface area contributed by atoms with Crippen LogP contribution in [0.5, 0.6) is 0 Å². The molecule has 1 N–H and O–H groups in total. The van der Waals surface area contributed by atoms with E-state index in [-0.39, 0.29) is 0 Å². The molecule has 0 aromatic carbocycles. The monoisotopic (exact) mass is 183 g/mol. The standard InChI is InChI=1S/C12H25N/c1-6-11(9(2)3)13-10(4)12(5)7-8-12/h9-11,13H,6-8H2,1-5H3. The molecule has 0 saturated heterocycles. The lowest BCUT2D eigenvalue weighted by molar-refractivity contribution is 0.290. The van der Waals surface area contributed by atoms with Gasteiger partial charge in [0.15, 0.2) is 0 Å². The molecular formula is C12H25N. The smallest absolute Gasteiger partial charge is 0.00952 e. The minimum atomic E-state index is 0.613. The Balaban J connectivity index is 2.37. The molecule has 0 bridgehead atoms. The van der Waals surface area contributed by atoms with E-state index in [4.69, 9.17) is 0 Å². The van der Waals surface area contributed by atoms with E-state index in [1.54, 1.807) is 0 Å². The first-order chi connectivity index (χ1) is 5.99. The zero-order valence-corrected chi connectivity index (χ0v) is 9.85. The Labute approximate surface area is 83.3 Å². The molecule has 2 unspecified atom stereocenters. The Hall–Kier alpha value is -0.0400. The lowest BCUT2D eigenvalue weighted by Crippen LogP contribution is -2.43. The van der Waals surface area contributed by atoms with E-state index < -0.39 is 0 Å². The first-order valence-electron chi connectivity index (χ1n) is 5.75. The van der Waals surface area contributed by atoms with Crippen molar-refractivity contribution in [1.82, 2.24) is 5.32 Å². The van der Waals surface area contributed by atoms with Gasteiger partial charge in [-0.1, -0.05) is 27.7 Å². The van der Waals surface area contributed by atoms with E-state index in [2.05, 4.69) is 39.9 Å². The van der Waals surface area contributed by atoms with Gasteiger partial charge in [-0.15, -0.1) is 0 Å². The van der Waals surface area contributed by atoms with Crippen LogP contribution in [0.4, 0.5) is 0 Å². The lowest BCUT2D eigenvalue weighted by atomic mass is 9.95. The maximum absolute atomic E-state index is 3.77. The number of nitrogens with one attached hydrogen (secondary N) is 1. The van der Waals surface area contributed by atoms with Crippen LogP contribution in [0.25, 0.3) is 0 Å². The molecule has 0 amide bonds. The molecule has 1 fully saturated rings. The summed E-state index contributed by atoms with van der Waals surface area (Å²) in [7, 11) is 0. The molecule has 0 heterocycles. The van der Waals surface area contributed by atoms with Crippen molar-refractivity contribution in [3.63, 3.8) is 0 Å². The van der Waals surface area contributed by atoms with E-state index in [0.29, 0.717) is 17.5 Å². The summed E-state index contributed by atoms with van der Waals surface area (Å²) >= 11 is 0. The van der Waals surface area contributed by atoms with Gasteiger partial charge in [-0.05, 0) is 37.5 Å². The molecule has 1 heteroatoms. The van der Waals surface area contributed by atoms with Crippen molar-refractivity contribution in [1.29, 1.82) is 0 Å². The Kier molecular flexibility index (Phi) is 3.39. The maximum Gasteiger partial charge on any atom is 0.00952 e. The highest BCUT2D eigenvalue weighted by Gasteiger charge is 2.42. The Morgan fingerprint density at radius 3 is 2.08 bits per heavy atom. The predicted molar refractivity (Wildman–Crippen MR) is 58.9 cm³/mol. The highest BCUT2D eigenvalue weighted by Crippen LogP contribution is 2.48. The molecule has 0 aromatic rings. The van der Waals surface area contributed by atoms with Crippen LogP contribution in [0.2, 0.25) is 0 Å². The van der Waals surface area contributed by atoms with Gasteiger partial charge in [-0.25, -0.2) is 0 Å². The molecule has 0 spiro atoms. The van der Waals surface area contributed by atoms with Crippen molar-refractivity contribution in [3.05, 3.63) is 0 Å². The molecule has 1 saturated carbocycles. The van der Waals surface area contributed by atoms with Gasteiger partial charge in [0.25, 0.3) is 0 Å². The van der Waals surface area contributed by atoms with Crippen LogP contribution >= 0.6 is 0 Å². The van der Waals surface area contributed by atoms with Gasteiger partial charge in [0.1, 0.15) is 0 Å². The average molecular weight is 183 g/mol. The second-order valence-corrected chi connectivity index (χ2v) is 5.30. The van der Waals surface area contributed by atoms with E-state index in [0.717, 1.165) is 5.92 Å². The summed E-state index contributed by atoms with van der Waals surface area (Å²) in [6.45, 7) is 11.6. The zero-order valence-electron chi connectivity index (χ0n) is 9.85. The van der Waals surface area contributed by atoms with Gasteiger partial charge in [0.05, 0.1) is 0 Å². The van der Waals surface area contributed by atoms with Crippen LogP contribution < -0.4 is 5.32 Å². The van der Waals surface area contributed by atoms with E-state index >= 15 is 0 Å². The quantitative estimate of drug-likeness (QED) is 0.690.